The maximum Gasteiger partial charge on any atom is 0.337 e. The Morgan fingerprint density at radius 3 is 2.59 bits per heavy atom. The number of urea groups is 1. The predicted molar refractivity (Wildman–Crippen MR) is 81.3 cm³/mol. The smallest absolute Gasteiger partial charge is 0.337 e. The number of amides is 2. The number of carbonyl (C=O) groups is 2. The summed E-state index contributed by atoms with van der Waals surface area (Å²) in [6, 6.07) is 4.43. The zero-order chi connectivity index (χ0) is 15.7. The normalized spacial score (nSPS) is 23.3. The highest BCUT2D eigenvalue weighted by molar-refractivity contribution is 6.31. The number of morpholine rings is 1. The topological polar surface area (TPSA) is 67.9 Å². The van der Waals surface area contributed by atoms with E-state index < -0.39 is 5.97 Å². The summed E-state index contributed by atoms with van der Waals surface area (Å²) in [6.45, 7) is 1.18. The van der Waals surface area contributed by atoms with Crippen LogP contribution in [-0.4, -0.2) is 49.3 Å². The Bertz CT molecular complexity index is 595. The molecule has 2 fully saturated rings. The van der Waals surface area contributed by atoms with Crippen molar-refractivity contribution in [1.82, 2.24) is 4.90 Å². The van der Waals surface area contributed by atoms with Gasteiger partial charge in [-0.15, -0.1) is 0 Å². The molecular weight excluding hydrogens is 308 g/mol. The van der Waals surface area contributed by atoms with Gasteiger partial charge in [0.25, 0.3) is 0 Å². The highest BCUT2D eigenvalue weighted by Gasteiger charge is 2.35. The average molecular weight is 325 g/mol. The van der Waals surface area contributed by atoms with Crippen molar-refractivity contribution in [3.05, 3.63) is 28.8 Å². The minimum atomic E-state index is -0.498. The summed E-state index contributed by atoms with van der Waals surface area (Å²) < 4.78 is 10.4. The van der Waals surface area contributed by atoms with E-state index in [0.717, 1.165) is 12.8 Å². The van der Waals surface area contributed by atoms with Crippen LogP contribution in [0.2, 0.25) is 5.02 Å². The first-order valence-corrected chi connectivity index (χ1v) is 7.53. The van der Waals surface area contributed by atoms with Gasteiger partial charge in [0.15, 0.2) is 0 Å². The van der Waals surface area contributed by atoms with Crippen LogP contribution in [0.1, 0.15) is 23.2 Å². The molecule has 0 aliphatic carbocycles. The molecule has 0 aromatic heterocycles. The van der Waals surface area contributed by atoms with Gasteiger partial charge in [-0.2, -0.15) is 0 Å². The highest BCUT2D eigenvalue weighted by Crippen LogP contribution is 2.27. The first-order chi connectivity index (χ1) is 10.5. The van der Waals surface area contributed by atoms with Gasteiger partial charge in [0, 0.05) is 23.8 Å². The van der Waals surface area contributed by atoms with Gasteiger partial charge < -0.3 is 19.7 Å². The number of carbonyl (C=O) groups excluding carboxylic acids is 2. The van der Waals surface area contributed by atoms with Crippen LogP contribution in [-0.2, 0) is 9.47 Å². The standard InChI is InChI=1S/C15H17ClN2O4/c1-21-14(19)9-4-10(16)6-11(5-9)17-15(20)18-7-12-2-3-13(8-18)22-12/h4-6,12-13H,2-3,7-8H2,1H3,(H,17,20). The third-order valence-corrected chi connectivity index (χ3v) is 4.12. The van der Waals surface area contributed by atoms with Crippen LogP contribution >= 0.6 is 11.6 Å². The molecule has 2 saturated heterocycles. The summed E-state index contributed by atoms with van der Waals surface area (Å²) in [5, 5.41) is 3.14. The lowest BCUT2D eigenvalue weighted by molar-refractivity contribution is -0.0219. The molecule has 2 bridgehead atoms. The first-order valence-electron chi connectivity index (χ1n) is 7.15. The third-order valence-electron chi connectivity index (χ3n) is 3.90. The summed E-state index contributed by atoms with van der Waals surface area (Å²) in [4.78, 5) is 25.7. The van der Waals surface area contributed by atoms with E-state index in [1.54, 1.807) is 17.0 Å². The first kappa shape index (κ1) is 15.1. The Morgan fingerprint density at radius 1 is 1.27 bits per heavy atom. The fourth-order valence-corrected chi connectivity index (χ4v) is 3.12. The second-order valence-electron chi connectivity index (χ2n) is 5.51. The summed E-state index contributed by atoms with van der Waals surface area (Å²) in [7, 11) is 1.30. The van der Waals surface area contributed by atoms with Gasteiger partial charge in [0.1, 0.15) is 0 Å². The number of benzene rings is 1. The van der Waals surface area contributed by atoms with E-state index in [9.17, 15) is 9.59 Å². The second-order valence-corrected chi connectivity index (χ2v) is 5.95. The molecule has 1 aromatic rings. The molecule has 0 radical (unpaired) electrons. The molecule has 22 heavy (non-hydrogen) atoms. The van der Waals surface area contributed by atoms with Gasteiger partial charge in [0.2, 0.25) is 0 Å². The van der Waals surface area contributed by atoms with Gasteiger partial charge in [0.05, 0.1) is 24.9 Å². The van der Waals surface area contributed by atoms with E-state index in [1.165, 1.54) is 13.2 Å². The molecule has 6 nitrogen and oxygen atoms in total. The van der Waals surface area contributed by atoms with E-state index in [-0.39, 0.29) is 18.2 Å². The summed E-state index contributed by atoms with van der Waals surface area (Å²) in [6.07, 6.45) is 2.26. The van der Waals surface area contributed by atoms with Crippen molar-refractivity contribution in [2.45, 2.75) is 25.0 Å². The number of esters is 1. The largest absolute Gasteiger partial charge is 0.465 e. The Morgan fingerprint density at radius 2 is 1.95 bits per heavy atom. The van der Waals surface area contributed by atoms with Crippen LogP contribution < -0.4 is 5.32 Å². The zero-order valence-corrected chi connectivity index (χ0v) is 12.9. The van der Waals surface area contributed by atoms with Crippen LogP contribution in [0.25, 0.3) is 0 Å². The molecule has 3 rings (SSSR count). The Balaban J connectivity index is 1.71. The molecular formula is C15H17ClN2O4. The van der Waals surface area contributed by atoms with Crippen molar-refractivity contribution in [3.63, 3.8) is 0 Å². The number of ether oxygens (including phenoxy) is 2. The van der Waals surface area contributed by atoms with Crippen LogP contribution in [0.3, 0.4) is 0 Å². The number of methoxy groups -OCH3 is 1. The quantitative estimate of drug-likeness (QED) is 0.849. The van der Waals surface area contributed by atoms with Crippen LogP contribution in [0.4, 0.5) is 10.5 Å². The molecule has 2 heterocycles. The molecule has 2 amide bonds. The van der Waals surface area contributed by atoms with Gasteiger partial charge in [-0.25, -0.2) is 9.59 Å². The average Bonchev–Trinajstić information content (AvgIpc) is 2.84. The lowest BCUT2D eigenvalue weighted by atomic mass is 10.2. The van der Waals surface area contributed by atoms with Crippen molar-refractivity contribution < 1.29 is 19.1 Å². The Labute approximate surface area is 133 Å². The maximum absolute atomic E-state index is 12.3. The zero-order valence-electron chi connectivity index (χ0n) is 12.2. The fraction of sp³-hybridized carbons (Fsp3) is 0.467. The van der Waals surface area contributed by atoms with E-state index in [4.69, 9.17) is 16.3 Å². The van der Waals surface area contributed by atoms with E-state index >= 15 is 0 Å². The molecule has 2 unspecified atom stereocenters. The number of fused-ring (bicyclic) bond motifs is 2. The number of hydrogen-bond acceptors (Lipinski definition) is 4. The van der Waals surface area contributed by atoms with E-state index in [2.05, 4.69) is 10.1 Å². The van der Waals surface area contributed by atoms with Crippen LogP contribution in [0, 0.1) is 0 Å². The molecule has 1 aromatic carbocycles. The van der Waals surface area contributed by atoms with Crippen LogP contribution in [0.15, 0.2) is 18.2 Å². The van der Waals surface area contributed by atoms with Gasteiger partial charge in [-0.05, 0) is 31.0 Å². The lowest BCUT2D eigenvalue weighted by Gasteiger charge is -2.32. The monoisotopic (exact) mass is 324 g/mol. The van der Waals surface area contributed by atoms with Gasteiger partial charge in [-0.1, -0.05) is 11.6 Å². The Hall–Kier alpha value is -1.79. The van der Waals surface area contributed by atoms with Crippen molar-refractivity contribution in [2.24, 2.45) is 0 Å². The molecule has 1 N–H and O–H groups in total. The maximum atomic E-state index is 12.3. The fourth-order valence-electron chi connectivity index (χ4n) is 2.88. The minimum absolute atomic E-state index is 0.134. The number of anilines is 1. The summed E-state index contributed by atoms with van der Waals surface area (Å²) >= 11 is 5.98. The van der Waals surface area contributed by atoms with E-state index in [0.29, 0.717) is 29.4 Å². The van der Waals surface area contributed by atoms with Crippen molar-refractivity contribution in [3.8, 4) is 0 Å². The molecule has 2 atom stereocenters. The molecule has 7 heteroatoms. The Kier molecular flexibility index (Phi) is 4.22. The SMILES string of the molecule is COC(=O)c1cc(Cl)cc(NC(=O)N2CC3CCC(C2)O3)c1. The van der Waals surface area contributed by atoms with Crippen molar-refractivity contribution in [1.29, 1.82) is 0 Å². The molecule has 118 valence electrons. The van der Waals surface area contributed by atoms with Crippen molar-refractivity contribution in [2.75, 3.05) is 25.5 Å². The van der Waals surface area contributed by atoms with Gasteiger partial charge >= 0.3 is 12.0 Å². The van der Waals surface area contributed by atoms with E-state index in [1.807, 2.05) is 0 Å². The molecule has 0 saturated carbocycles. The van der Waals surface area contributed by atoms with Gasteiger partial charge in [-0.3, -0.25) is 0 Å². The highest BCUT2D eigenvalue weighted by atomic mass is 35.5. The number of likely N-dealkylation sites (tertiary alicyclic amines) is 1. The number of halogens is 1. The van der Waals surface area contributed by atoms with Crippen molar-refractivity contribution >= 4 is 29.3 Å². The summed E-state index contributed by atoms with van der Waals surface area (Å²) in [5.74, 6) is -0.498. The molecule has 2 aliphatic rings. The number of rotatable bonds is 2. The number of hydrogen-bond donors (Lipinski definition) is 1. The molecule has 2 aliphatic heterocycles. The molecule has 0 spiro atoms. The predicted octanol–water partition coefficient (Wildman–Crippen LogP) is 2.52. The summed E-state index contributed by atoms with van der Waals surface area (Å²) in [5.41, 5.74) is 0.768. The van der Waals surface area contributed by atoms with Crippen LogP contribution in [0.5, 0.6) is 0 Å². The number of nitrogens with zero attached hydrogens (tertiary/aromatic N) is 1. The second kappa shape index (κ2) is 6.14. The number of nitrogens with one attached hydrogen (secondary N) is 1. The third kappa shape index (κ3) is 3.18. The minimum Gasteiger partial charge on any atom is -0.465 e. The lowest BCUT2D eigenvalue weighted by Crippen LogP contribution is -2.47.